The number of hydrogen-bond donors (Lipinski definition) is 3. The Morgan fingerprint density at radius 2 is 2.22 bits per heavy atom. The highest BCUT2D eigenvalue weighted by Crippen LogP contribution is 2.22. The Morgan fingerprint density at radius 1 is 1.50 bits per heavy atom. The number of nitrogens with two attached hydrogens (primary N) is 1. The maximum absolute atomic E-state index is 11.9. The molecule has 4 N–H and O–H groups in total. The van der Waals surface area contributed by atoms with Gasteiger partial charge in [0.05, 0.1) is 17.9 Å². The number of nitrogens with one attached hydrogen (secondary N) is 2. The van der Waals surface area contributed by atoms with Crippen LogP contribution in [0.15, 0.2) is 30.5 Å². The molecule has 0 fully saturated rings. The lowest BCUT2D eigenvalue weighted by atomic mass is 10.1. The van der Waals surface area contributed by atoms with Crippen molar-refractivity contribution in [3.8, 4) is 0 Å². The van der Waals surface area contributed by atoms with Crippen LogP contribution in [0.2, 0.25) is 5.02 Å². The summed E-state index contributed by atoms with van der Waals surface area (Å²) in [5.41, 5.74) is 7.03. The third kappa shape index (κ3) is 2.46. The molecule has 1 amide bonds. The molecule has 0 saturated heterocycles. The first-order valence-corrected chi connectivity index (χ1v) is 5.81. The summed E-state index contributed by atoms with van der Waals surface area (Å²) in [6, 6.07) is 7.14. The second-order valence-electron chi connectivity index (χ2n) is 3.92. The monoisotopic (exact) mass is 264 g/mol. The van der Waals surface area contributed by atoms with Gasteiger partial charge in [-0.2, -0.15) is 5.10 Å². The number of anilines is 1. The van der Waals surface area contributed by atoms with E-state index in [1.165, 1.54) is 6.20 Å². The second kappa shape index (κ2) is 5.10. The topological polar surface area (TPSA) is 83.8 Å². The van der Waals surface area contributed by atoms with E-state index in [0.29, 0.717) is 10.7 Å². The van der Waals surface area contributed by atoms with Gasteiger partial charge in [-0.25, -0.2) is 0 Å². The van der Waals surface area contributed by atoms with E-state index in [-0.39, 0.29) is 17.6 Å². The van der Waals surface area contributed by atoms with E-state index in [1.54, 1.807) is 6.07 Å². The van der Waals surface area contributed by atoms with Crippen molar-refractivity contribution in [2.24, 2.45) is 0 Å². The van der Waals surface area contributed by atoms with Gasteiger partial charge in [0.25, 0.3) is 5.91 Å². The number of nitrogen functional groups attached to an aromatic ring is 1. The molecule has 1 aromatic heterocycles. The summed E-state index contributed by atoms with van der Waals surface area (Å²) >= 11 is 6.06. The maximum atomic E-state index is 11.9. The molecule has 6 heteroatoms. The lowest BCUT2D eigenvalue weighted by Gasteiger charge is -2.15. The molecule has 0 aliphatic rings. The molecule has 0 saturated carbocycles. The third-order valence-electron chi connectivity index (χ3n) is 2.62. The maximum Gasteiger partial charge on any atom is 0.271 e. The zero-order valence-electron chi connectivity index (χ0n) is 9.77. The summed E-state index contributed by atoms with van der Waals surface area (Å²) < 4.78 is 0. The van der Waals surface area contributed by atoms with Crippen molar-refractivity contribution in [3.63, 3.8) is 0 Å². The average molecular weight is 265 g/mol. The summed E-state index contributed by atoms with van der Waals surface area (Å²) in [5.74, 6) is -0.308. The highest BCUT2D eigenvalue weighted by molar-refractivity contribution is 6.31. The Morgan fingerprint density at radius 3 is 2.83 bits per heavy atom. The molecule has 1 unspecified atom stereocenters. The number of aromatic amines is 1. The molecule has 18 heavy (non-hydrogen) atoms. The number of rotatable bonds is 3. The van der Waals surface area contributed by atoms with Crippen molar-refractivity contribution in [2.75, 3.05) is 5.73 Å². The first kappa shape index (κ1) is 12.4. The second-order valence-corrected chi connectivity index (χ2v) is 4.32. The van der Waals surface area contributed by atoms with E-state index in [2.05, 4.69) is 15.5 Å². The molecule has 0 aliphatic heterocycles. The summed E-state index contributed by atoms with van der Waals surface area (Å²) in [6.07, 6.45) is 1.40. The lowest BCUT2D eigenvalue weighted by Crippen LogP contribution is -2.27. The zero-order chi connectivity index (χ0) is 13.1. The van der Waals surface area contributed by atoms with Gasteiger partial charge in [-0.3, -0.25) is 9.89 Å². The van der Waals surface area contributed by atoms with Gasteiger partial charge in [0.1, 0.15) is 5.69 Å². The van der Waals surface area contributed by atoms with Gasteiger partial charge in [0, 0.05) is 5.02 Å². The summed E-state index contributed by atoms with van der Waals surface area (Å²) in [4.78, 5) is 11.9. The van der Waals surface area contributed by atoms with Crippen LogP contribution in [0.3, 0.4) is 0 Å². The van der Waals surface area contributed by atoms with Crippen LogP contribution in [0.25, 0.3) is 0 Å². The minimum Gasteiger partial charge on any atom is -0.396 e. The van der Waals surface area contributed by atoms with E-state index >= 15 is 0 Å². The minimum absolute atomic E-state index is 0.214. The van der Waals surface area contributed by atoms with Crippen molar-refractivity contribution >= 4 is 23.2 Å². The van der Waals surface area contributed by atoms with E-state index in [1.807, 2.05) is 25.1 Å². The quantitative estimate of drug-likeness (QED) is 0.794. The largest absolute Gasteiger partial charge is 0.396 e. The van der Waals surface area contributed by atoms with E-state index < -0.39 is 0 Å². The van der Waals surface area contributed by atoms with Crippen molar-refractivity contribution < 1.29 is 4.79 Å². The summed E-state index contributed by atoms with van der Waals surface area (Å²) in [7, 11) is 0. The standard InChI is InChI=1S/C12H13ClN4O/c1-7(8-4-2-3-5-9(8)13)16-12(18)11-10(14)6-15-17-11/h2-7H,14H2,1H3,(H,15,17)(H,16,18). The van der Waals surface area contributed by atoms with Crippen LogP contribution in [0.5, 0.6) is 0 Å². The molecule has 0 aliphatic carbocycles. The molecule has 1 heterocycles. The highest BCUT2D eigenvalue weighted by atomic mass is 35.5. The van der Waals surface area contributed by atoms with Gasteiger partial charge < -0.3 is 11.1 Å². The Hall–Kier alpha value is -2.01. The molecule has 2 aromatic rings. The number of aromatic nitrogens is 2. The summed E-state index contributed by atoms with van der Waals surface area (Å²) in [5, 5.41) is 9.68. The van der Waals surface area contributed by atoms with Crippen LogP contribution < -0.4 is 11.1 Å². The zero-order valence-corrected chi connectivity index (χ0v) is 10.5. The molecule has 0 spiro atoms. The Kier molecular flexibility index (Phi) is 3.53. The molecule has 1 aromatic carbocycles. The van der Waals surface area contributed by atoms with E-state index in [9.17, 15) is 4.79 Å². The molecule has 0 radical (unpaired) electrons. The number of carbonyl (C=O) groups is 1. The van der Waals surface area contributed by atoms with Crippen molar-refractivity contribution in [2.45, 2.75) is 13.0 Å². The predicted octanol–water partition coefficient (Wildman–Crippen LogP) is 2.14. The van der Waals surface area contributed by atoms with Crippen LogP contribution in [0, 0.1) is 0 Å². The summed E-state index contributed by atoms with van der Waals surface area (Å²) in [6.45, 7) is 1.85. The smallest absolute Gasteiger partial charge is 0.271 e. The first-order chi connectivity index (χ1) is 8.59. The molecular weight excluding hydrogens is 252 g/mol. The van der Waals surface area contributed by atoms with Crippen molar-refractivity contribution in [1.82, 2.24) is 15.5 Å². The van der Waals surface area contributed by atoms with Gasteiger partial charge in [0.2, 0.25) is 0 Å². The van der Waals surface area contributed by atoms with Crippen molar-refractivity contribution in [3.05, 3.63) is 46.7 Å². The normalized spacial score (nSPS) is 12.1. The van der Waals surface area contributed by atoms with Crippen LogP contribution in [0.1, 0.15) is 29.0 Å². The minimum atomic E-state index is -0.308. The van der Waals surface area contributed by atoms with Gasteiger partial charge in [-0.1, -0.05) is 29.8 Å². The Labute approximate surface area is 109 Å². The molecule has 94 valence electrons. The van der Waals surface area contributed by atoms with Crippen LogP contribution >= 0.6 is 11.6 Å². The van der Waals surface area contributed by atoms with E-state index in [4.69, 9.17) is 17.3 Å². The number of carbonyl (C=O) groups excluding carboxylic acids is 1. The first-order valence-electron chi connectivity index (χ1n) is 5.43. The van der Waals surface area contributed by atoms with Crippen LogP contribution in [-0.4, -0.2) is 16.1 Å². The number of benzene rings is 1. The highest BCUT2D eigenvalue weighted by Gasteiger charge is 2.16. The number of amides is 1. The average Bonchev–Trinajstić information content (AvgIpc) is 2.76. The fourth-order valence-electron chi connectivity index (χ4n) is 1.65. The molecule has 1 atom stereocenters. The van der Waals surface area contributed by atoms with Gasteiger partial charge in [0.15, 0.2) is 0 Å². The lowest BCUT2D eigenvalue weighted by molar-refractivity contribution is 0.0936. The molecular formula is C12H13ClN4O. The Bertz CT molecular complexity index is 567. The fraction of sp³-hybridized carbons (Fsp3) is 0.167. The number of H-pyrrole nitrogens is 1. The number of nitrogens with zero attached hydrogens (tertiary/aromatic N) is 1. The molecule has 5 nitrogen and oxygen atoms in total. The molecule has 0 bridgehead atoms. The Balaban J connectivity index is 2.13. The van der Waals surface area contributed by atoms with Crippen molar-refractivity contribution in [1.29, 1.82) is 0 Å². The van der Waals surface area contributed by atoms with Gasteiger partial charge >= 0.3 is 0 Å². The van der Waals surface area contributed by atoms with Gasteiger partial charge in [-0.15, -0.1) is 0 Å². The predicted molar refractivity (Wildman–Crippen MR) is 70.3 cm³/mol. The SMILES string of the molecule is CC(NC(=O)c1[nH]ncc1N)c1ccccc1Cl. The number of hydrogen-bond acceptors (Lipinski definition) is 3. The number of halogens is 1. The third-order valence-corrected chi connectivity index (χ3v) is 2.96. The van der Waals surface area contributed by atoms with Crippen LogP contribution in [0.4, 0.5) is 5.69 Å². The van der Waals surface area contributed by atoms with E-state index in [0.717, 1.165) is 5.56 Å². The molecule has 2 rings (SSSR count). The fourth-order valence-corrected chi connectivity index (χ4v) is 1.95. The van der Waals surface area contributed by atoms with Gasteiger partial charge in [-0.05, 0) is 18.6 Å². The van der Waals surface area contributed by atoms with Crippen LogP contribution in [-0.2, 0) is 0 Å².